The van der Waals surface area contributed by atoms with Gasteiger partial charge < -0.3 is 10.2 Å². The zero-order valence-electron chi connectivity index (χ0n) is 14.8. The average molecular weight is 374 g/mol. The third-order valence-electron chi connectivity index (χ3n) is 4.46. The van der Waals surface area contributed by atoms with Gasteiger partial charge in [-0.3, -0.25) is 4.79 Å². The Labute approximate surface area is 153 Å². The summed E-state index contributed by atoms with van der Waals surface area (Å²) in [6.45, 7) is 4.55. The van der Waals surface area contributed by atoms with Crippen molar-refractivity contribution in [3.05, 3.63) is 47.9 Å². The number of anilines is 2. The molecule has 1 aromatic carbocycles. The van der Waals surface area contributed by atoms with Crippen LogP contribution in [0.5, 0.6) is 0 Å². The molecule has 1 aliphatic rings. The minimum absolute atomic E-state index is 0.0912. The lowest BCUT2D eigenvalue weighted by molar-refractivity contribution is 0.102. The monoisotopic (exact) mass is 374 g/mol. The molecule has 1 fully saturated rings. The number of nitrogens with one attached hydrogen (secondary N) is 1. The van der Waals surface area contributed by atoms with Gasteiger partial charge in [0.2, 0.25) is 0 Å². The Kier molecular flexibility index (Phi) is 5.22. The molecule has 1 saturated heterocycles. The molecule has 1 aliphatic heterocycles. The zero-order valence-corrected chi connectivity index (χ0v) is 15.7. The van der Waals surface area contributed by atoms with Gasteiger partial charge in [0.25, 0.3) is 5.91 Å². The number of sulfone groups is 1. The quantitative estimate of drug-likeness (QED) is 0.861. The van der Waals surface area contributed by atoms with Gasteiger partial charge in [0.1, 0.15) is 11.5 Å². The Bertz CT molecular complexity index is 880. The minimum atomic E-state index is -2.97. The highest BCUT2D eigenvalue weighted by Gasteiger charge is 2.32. The molecule has 0 saturated carbocycles. The number of hydrogen-bond donors (Lipinski definition) is 1. The van der Waals surface area contributed by atoms with Crippen LogP contribution >= 0.6 is 0 Å². The Morgan fingerprint density at radius 3 is 2.50 bits per heavy atom. The van der Waals surface area contributed by atoms with Crippen molar-refractivity contribution in [1.82, 2.24) is 9.97 Å². The molecule has 1 N–H and O–H groups in total. The van der Waals surface area contributed by atoms with Crippen molar-refractivity contribution in [2.24, 2.45) is 0 Å². The molecule has 138 valence electrons. The van der Waals surface area contributed by atoms with Gasteiger partial charge in [-0.2, -0.15) is 0 Å². The van der Waals surface area contributed by atoms with Gasteiger partial charge in [-0.05, 0) is 32.4 Å². The van der Waals surface area contributed by atoms with E-state index in [1.807, 2.05) is 43.0 Å². The van der Waals surface area contributed by atoms with Crippen LogP contribution in [0.15, 0.2) is 36.7 Å². The summed E-state index contributed by atoms with van der Waals surface area (Å²) in [6.07, 6.45) is 3.54. The van der Waals surface area contributed by atoms with Crippen LogP contribution in [0.1, 0.15) is 29.4 Å². The van der Waals surface area contributed by atoms with Gasteiger partial charge in [0.15, 0.2) is 9.84 Å². The summed E-state index contributed by atoms with van der Waals surface area (Å²) in [6, 6.07) is 7.40. The number of hydrogen-bond acceptors (Lipinski definition) is 6. The predicted octanol–water partition coefficient (Wildman–Crippen LogP) is 2.05. The molecule has 1 atom stereocenters. The van der Waals surface area contributed by atoms with Crippen LogP contribution < -0.4 is 10.2 Å². The first-order valence-corrected chi connectivity index (χ1v) is 10.4. The Morgan fingerprint density at radius 1 is 1.23 bits per heavy atom. The summed E-state index contributed by atoms with van der Waals surface area (Å²) in [4.78, 5) is 22.7. The molecule has 3 rings (SSSR count). The lowest BCUT2D eigenvalue weighted by Gasteiger charge is -2.27. The van der Waals surface area contributed by atoms with Crippen LogP contribution in [0.2, 0.25) is 0 Å². The van der Waals surface area contributed by atoms with Crippen molar-refractivity contribution in [1.29, 1.82) is 0 Å². The number of aryl methyl sites for hydroxylation is 1. The van der Waals surface area contributed by atoms with Gasteiger partial charge in [-0.15, -0.1) is 0 Å². The summed E-state index contributed by atoms with van der Waals surface area (Å²) in [5.41, 5.74) is 2.02. The average Bonchev–Trinajstić information content (AvgIpc) is 2.98. The van der Waals surface area contributed by atoms with Gasteiger partial charge in [0.05, 0.1) is 23.9 Å². The van der Waals surface area contributed by atoms with Gasteiger partial charge in [-0.25, -0.2) is 18.4 Å². The molecule has 1 unspecified atom stereocenters. The SMILES string of the molecule is CCN(c1cnc(C(=O)Nc2ccc(C)cc2)cn1)C1CCS(=O)(=O)C1. The van der Waals surface area contributed by atoms with E-state index < -0.39 is 9.84 Å². The first kappa shape index (κ1) is 18.3. The number of aromatic nitrogens is 2. The summed E-state index contributed by atoms with van der Waals surface area (Å²) in [7, 11) is -2.97. The maximum absolute atomic E-state index is 12.3. The normalized spacial score (nSPS) is 18.5. The second-order valence-corrected chi connectivity index (χ2v) is 8.65. The van der Waals surface area contributed by atoms with E-state index in [2.05, 4.69) is 15.3 Å². The Balaban J connectivity index is 1.70. The molecule has 0 bridgehead atoms. The largest absolute Gasteiger partial charge is 0.352 e. The van der Waals surface area contributed by atoms with Crippen LogP contribution in [0.4, 0.5) is 11.5 Å². The molecule has 1 aromatic heterocycles. The molecule has 0 aliphatic carbocycles. The summed E-state index contributed by atoms with van der Waals surface area (Å²) in [5.74, 6) is 0.595. The lowest BCUT2D eigenvalue weighted by Crippen LogP contribution is -2.36. The van der Waals surface area contributed by atoms with Crippen LogP contribution in [0.3, 0.4) is 0 Å². The third-order valence-corrected chi connectivity index (χ3v) is 6.21. The molecular weight excluding hydrogens is 352 g/mol. The molecule has 1 amide bonds. The molecule has 8 heteroatoms. The van der Waals surface area contributed by atoms with E-state index in [1.54, 1.807) is 0 Å². The van der Waals surface area contributed by atoms with E-state index in [-0.39, 0.29) is 29.1 Å². The second kappa shape index (κ2) is 7.41. The fourth-order valence-electron chi connectivity index (χ4n) is 3.05. The standard InChI is InChI=1S/C18H22N4O3S/c1-3-22(15-8-9-26(24,25)12-15)17-11-19-16(10-20-17)18(23)21-14-6-4-13(2)5-7-14/h4-7,10-11,15H,3,8-9,12H2,1-2H3,(H,21,23). The predicted molar refractivity (Wildman–Crippen MR) is 101 cm³/mol. The molecule has 2 heterocycles. The van der Waals surface area contributed by atoms with E-state index in [0.29, 0.717) is 24.5 Å². The van der Waals surface area contributed by atoms with E-state index in [1.165, 1.54) is 12.4 Å². The van der Waals surface area contributed by atoms with Crippen molar-refractivity contribution >= 4 is 27.2 Å². The summed E-state index contributed by atoms with van der Waals surface area (Å²) in [5, 5.41) is 2.78. The number of amides is 1. The van der Waals surface area contributed by atoms with Gasteiger partial charge >= 0.3 is 0 Å². The van der Waals surface area contributed by atoms with E-state index in [0.717, 1.165) is 5.56 Å². The summed E-state index contributed by atoms with van der Waals surface area (Å²) >= 11 is 0. The van der Waals surface area contributed by atoms with E-state index >= 15 is 0 Å². The highest BCUT2D eigenvalue weighted by Crippen LogP contribution is 2.22. The van der Waals surface area contributed by atoms with Crippen molar-refractivity contribution in [3.8, 4) is 0 Å². The summed E-state index contributed by atoms with van der Waals surface area (Å²) < 4.78 is 23.4. The maximum atomic E-state index is 12.3. The first-order valence-electron chi connectivity index (χ1n) is 8.55. The van der Waals surface area contributed by atoms with E-state index in [4.69, 9.17) is 0 Å². The fraction of sp³-hybridized carbons (Fsp3) is 0.389. The van der Waals surface area contributed by atoms with Crippen molar-refractivity contribution in [2.75, 3.05) is 28.3 Å². The number of benzene rings is 1. The van der Waals surface area contributed by atoms with Crippen LogP contribution in [0, 0.1) is 6.92 Å². The number of carbonyl (C=O) groups excluding carboxylic acids is 1. The highest BCUT2D eigenvalue weighted by molar-refractivity contribution is 7.91. The van der Waals surface area contributed by atoms with Crippen LogP contribution in [0.25, 0.3) is 0 Å². The van der Waals surface area contributed by atoms with Crippen LogP contribution in [-0.4, -0.2) is 48.4 Å². The molecular formula is C18H22N4O3S. The van der Waals surface area contributed by atoms with E-state index in [9.17, 15) is 13.2 Å². The van der Waals surface area contributed by atoms with Crippen molar-refractivity contribution in [2.45, 2.75) is 26.3 Å². The topological polar surface area (TPSA) is 92.3 Å². The Morgan fingerprint density at radius 2 is 1.96 bits per heavy atom. The smallest absolute Gasteiger partial charge is 0.275 e. The second-order valence-electron chi connectivity index (χ2n) is 6.42. The molecule has 2 aromatic rings. The molecule has 7 nitrogen and oxygen atoms in total. The first-order chi connectivity index (χ1) is 12.4. The van der Waals surface area contributed by atoms with Crippen LogP contribution in [-0.2, 0) is 9.84 Å². The van der Waals surface area contributed by atoms with Crippen molar-refractivity contribution in [3.63, 3.8) is 0 Å². The zero-order chi connectivity index (χ0) is 18.7. The van der Waals surface area contributed by atoms with Gasteiger partial charge in [-0.1, -0.05) is 17.7 Å². The molecule has 0 radical (unpaired) electrons. The van der Waals surface area contributed by atoms with Crippen molar-refractivity contribution < 1.29 is 13.2 Å². The minimum Gasteiger partial charge on any atom is -0.352 e. The number of rotatable bonds is 5. The van der Waals surface area contributed by atoms with Gasteiger partial charge in [0, 0.05) is 18.3 Å². The fourth-order valence-corrected chi connectivity index (χ4v) is 4.78. The number of carbonyl (C=O) groups is 1. The maximum Gasteiger partial charge on any atom is 0.275 e. The molecule has 26 heavy (non-hydrogen) atoms. The Hall–Kier alpha value is -2.48. The third kappa shape index (κ3) is 4.19. The lowest BCUT2D eigenvalue weighted by atomic mass is 10.2. The molecule has 0 spiro atoms. The number of nitrogens with zero attached hydrogens (tertiary/aromatic N) is 3. The highest BCUT2D eigenvalue weighted by atomic mass is 32.2.